The van der Waals surface area contributed by atoms with Gasteiger partial charge in [0.05, 0.1) is 12.4 Å². The third-order valence-corrected chi connectivity index (χ3v) is 6.80. The van der Waals surface area contributed by atoms with E-state index in [0.29, 0.717) is 23.4 Å². The first-order chi connectivity index (χ1) is 15.1. The van der Waals surface area contributed by atoms with Crippen molar-refractivity contribution < 1.29 is 9.53 Å². The zero-order chi connectivity index (χ0) is 22.1. The van der Waals surface area contributed by atoms with Crippen LogP contribution in [0.2, 0.25) is 5.02 Å². The van der Waals surface area contributed by atoms with Gasteiger partial charge in [0, 0.05) is 24.0 Å². The van der Waals surface area contributed by atoms with Crippen LogP contribution in [-0.4, -0.2) is 39.1 Å². The Morgan fingerprint density at radius 3 is 2.74 bits per heavy atom. The van der Waals surface area contributed by atoms with Gasteiger partial charge in [-0.25, -0.2) is 0 Å². The molecule has 170 valence electrons. The molecule has 1 heterocycles. The van der Waals surface area contributed by atoms with Crippen molar-refractivity contribution in [2.75, 3.05) is 12.4 Å². The number of rotatable bonds is 10. The maximum atomic E-state index is 12.4. The normalized spacial score (nSPS) is 14.9. The highest BCUT2D eigenvalue weighted by Crippen LogP contribution is 2.23. The molecule has 2 aromatic rings. The molecule has 3 rings (SSSR count). The van der Waals surface area contributed by atoms with Crippen molar-refractivity contribution in [2.24, 2.45) is 0 Å². The van der Waals surface area contributed by atoms with E-state index in [2.05, 4.69) is 27.0 Å². The maximum absolute atomic E-state index is 12.4. The summed E-state index contributed by atoms with van der Waals surface area (Å²) in [6.45, 7) is 5.46. The van der Waals surface area contributed by atoms with E-state index in [1.807, 2.05) is 25.1 Å². The molecule has 0 atom stereocenters. The number of hydrogen-bond donors (Lipinski definition) is 1. The molecule has 0 spiro atoms. The molecule has 1 amide bonds. The van der Waals surface area contributed by atoms with Crippen LogP contribution >= 0.6 is 23.4 Å². The molecular weight excluding hydrogens is 432 g/mol. The van der Waals surface area contributed by atoms with Gasteiger partial charge in [-0.1, -0.05) is 49.0 Å². The van der Waals surface area contributed by atoms with Gasteiger partial charge in [-0.15, -0.1) is 10.2 Å². The third-order valence-electron chi connectivity index (χ3n) is 5.60. The van der Waals surface area contributed by atoms with Crippen molar-refractivity contribution >= 4 is 29.3 Å². The molecule has 0 bridgehead atoms. The molecule has 0 aliphatic heterocycles. The van der Waals surface area contributed by atoms with Crippen LogP contribution < -0.4 is 10.1 Å². The van der Waals surface area contributed by atoms with Gasteiger partial charge in [0.15, 0.2) is 5.16 Å². The van der Waals surface area contributed by atoms with Crippen molar-refractivity contribution in [3.63, 3.8) is 0 Å². The summed E-state index contributed by atoms with van der Waals surface area (Å²) in [6.07, 6.45) is 8.82. The van der Waals surface area contributed by atoms with Crippen LogP contribution in [0.3, 0.4) is 0 Å². The van der Waals surface area contributed by atoms with Gasteiger partial charge in [-0.2, -0.15) is 0 Å². The van der Waals surface area contributed by atoms with Gasteiger partial charge in [-0.05, 0) is 56.9 Å². The van der Waals surface area contributed by atoms with Gasteiger partial charge in [0.2, 0.25) is 5.91 Å². The van der Waals surface area contributed by atoms with E-state index >= 15 is 0 Å². The molecular formula is C23H33ClN4O2S. The van der Waals surface area contributed by atoms with Crippen LogP contribution in [0.1, 0.15) is 63.3 Å². The van der Waals surface area contributed by atoms with Crippen molar-refractivity contribution in [3.05, 3.63) is 34.6 Å². The fourth-order valence-corrected chi connectivity index (χ4v) is 5.00. The van der Waals surface area contributed by atoms with Gasteiger partial charge >= 0.3 is 0 Å². The Hall–Kier alpha value is -1.73. The lowest BCUT2D eigenvalue weighted by molar-refractivity contribution is -0.119. The zero-order valence-electron chi connectivity index (χ0n) is 18.5. The summed E-state index contributed by atoms with van der Waals surface area (Å²) in [5.41, 5.74) is 1.03. The standard InChI is InChI=1S/C23H33ClN4O2S/c1-3-28-21(11-8-14-30-20-13-12-18(24)15-17(20)2)26-27-23(28)31-16-22(29)25-19-9-6-4-5-7-10-19/h12-13,15,19H,3-11,14,16H2,1-2H3,(H,25,29). The molecule has 8 heteroatoms. The lowest BCUT2D eigenvalue weighted by Crippen LogP contribution is -2.35. The second-order valence-corrected chi connectivity index (χ2v) is 9.43. The van der Waals surface area contributed by atoms with Crippen molar-refractivity contribution in [1.82, 2.24) is 20.1 Å². The van der Waals surface area contributed by atoms with E-state index in [0.717, 1.165) is 54.5 Å². The first-order valence-corrected chi connectivity index (χ1v) is 12.7. The summed E-state index contributed by atoms with van der Waals surface area (Å²) < 4.78 is 7.97. The van der Waals surface area contributed by atoms with E-state index in [9.17, 15) is 4.79 Å². The minimum absolute atomic E-state index is 0.0934. The van der Waals surface area contributed by atoms with E-state index in [1.165, 1.54) is 37.4 Å². The average Bonchev–Trinajstić information content (AvgIpc) is 2.96. The number of halogens is 1. The van der Waals surface area contributed by atoms with Crippen LogP contribution in [0.4, 0.5) is 0 Å². The summed E-state index contributed by atoms with van der Waals surface area (Å²) >= 11 is 7.46. The van der Waals surface area contributed by atoms with Crippen LogP contribution in [-0.2, 0) is 17.8 Å². The van der Waals surface area contributed by atoms with Crippen LogP contribution in [0.15, 0.2) is 23.4 Å². The lowest BCUT2D eigenvalue weighted by Gasteiger charge is -2.16. The third kappa shape index (κ3) is 7.42. The van der Waals surface area contributed by atoms with Crippen molar-refractivity contribution in [1.29, 1.82) is 0 Å². The summed E-state index contributed by atoms with van der Waals surface area (Å²) in [7, 11) is 0. The molecule has 0 unspecified atom stereocenters. The fourth-order valence-electron chi connectivity index (χ4n) is 3.94. The fraction of sp³-hybridized carbons (Fsp3) is 0.609. The van der Waals surface area contributed by atoms with Gasteiger partial charge < -0.3 is 14.6 Å². The van der Waals surface area contributed by atoms with Gasteiger partial charge in [-0.3, -0.25) is 4.79 Å². The molecule has 0 saturated heterocycles. The number of benzene rings is 1. The van der Waals surface area contributed by atoms with Crippen molar-refractivity contribution in [2.45, 2.75) is 83.0 Å². The zero-order valence-corrected chi connectivity index (χ0v) is 20.1. The first-order valence-electron chi connectivity index (χ1n) is 11.3. The number of thioether (sulfide) groups is 1. The molecule has 31 heavy (non-hydrogen) atoms. The number of hydrogen-bond acceptors (Lipinski definition) is 5. The Kier molecular flexibility index (Phi) is 9.53. The highest BCUT2D eigenvalue weighted by atomic mass is 35.5. The lowest BCUT2D eigenvalue weighted by atomic mass is 10.1. The Morgan fingerprint density at radius 2 is 2.03 bits per heavy atom. The van der Waals surface area contributed by atoms with Gasteiger partial charge in [0.1, 0.15) is 11.6 Å². The number of carbonyl (C=O) groups is 1. The molecule has 1 N–H and O–H groups in total. The van der Waals surface area contributed by atoms with E-state index in [-0.39, 0.29) is 5.91 Å². The second-order valence-electron chi connectivity index (χ2n) is 8.05. The molecule has 0 radical (unpaired) electrons. The first kappa shape index (κ1) is 23.9. The number of nitrogens with zero attached hydrogens (tertiary/aromatic N) is 3. The highest BCUT2D eigenvalue weighted by molar-refractivity contribution is 7.99. The summed E-state index contributed by atoms with van der Waals surface area (Å²) in [5.74, 6) is 2.27. The molecule has 1 aliphatic carbocycles. The largest absolute Gasteiger partial charge is 0.493 e. The minimum atomic E-state index is 0.0934. The Balaban J connectivity index is 1.44. The summed E-state index contributed by atoms with van der Waals surface area (Å²) in [6, 6.07) is 5.98. The highest BCUT2D eigenvalue weighted by Gasteiger charge is 2.17. The monoisotopic (exact) mass is 464 g/mol. The molecule has 1 saturated carbocycles. The van der Waals surface area contributed by atoms with Crippen LogP contribution in [0.5, 0.6) is 5.75 Å². The van der Waals surface area contributed by atoms with Crippen LogP contribution in [0, 0.1) is 6.92 Å². The summed E-state index contributed by atoms with van der Waals surface area (Å²) in [4.78, 5) is 12.4. The predicted octanol–water partition coefficient (Wildman–Crippen LogP) is 5.20. The Labute approximate surface area is 194 Å². The van der Waals surface area contributed by atoms with Crippen molar-refractivity contribution in [3.8, 4) is 5.75 Å². The number of nitrogens with one attached hydrogen (secondary N) is 1. The molecule has 1 aromatic carbocycles. The summed E-state index contributed by atoms with van der Waals surface area (Å²) in [5, 5.41) is 13.4. The quantitative estimate of drug-likeness (QED) is 0.297. The van der Waals surface area contributed by atoms with Gasteiger partial charge in [0.25, 0.3) is 0 Å². The molecule has 1 aliphatic rings. The predicted molar refractivity (Wildman–Crippen MR) is 126 cm³/mol. The molecule has 1 fully saturated rings. The number of ether oxygens (including phenoxy) is 1. The van der Waals surface area contributed by atoms with Crippen LogP contribution in [0.25, 0.3) is 0 Å². The van der Waals surface area contributed by atoms with E-state index in [4.69, 9.17) is 16.3 Å². The number of aryl methyl sites for hydroxylation is 2. The van der Waals surface area contributed by atoms with E-state index < -0.39 is 0 Å². The topological polar surface area (TPSA) is 69.0 Å². The maximum Gasteiger partial charge on any atom is 0.230 e. The van der Waals surface area contributed by atoms with E-state index in [1.54, 1.807) is 0 Å². The smallest absolute Gasteiger partial charge is 0.230 e. The SMILES string of the molecule is CCn1c(CCCOc2ccc(Cl)cc2C)nnc1SCC(=O)NC1CCCCCC1. The molecule has 6 nitrogen and oxygen atoms in total. The number of carbonyl (C=O) groups excluding carboxylic acids is 1. The number of amides is 1. The Morgan fingerprint density at radius 1 is 1.26 bits per heavy atom. The second kappa shape index (κ2) is 12.3. The minimum Gasteiger partial charge on any atom is -0.493 e. The molecule has 1 aromatic heterocycles. The number of aromatic nitrogens is 3. The Bertz CT molecular complexity index is 850. The average molecular weight is 465 g/mol.